The van der Waals surface area contributed by atoms with Gasteiger partial charge in [0, 0.05) is 27.1 Å². The molecule has 0 saturated heterocycles. The van der Waals surface area contributed by atoms with Gasteiger partial charge in [0.2, 0.25) is 0 Å². The molecule has 0 amide bonds. The van der Waals surface area contributed by atoms with Crippen LogP contribution in [-0.4, -0.2) is 9.13 Å². The summed E-state index contributed by atoms with van der Waals surface area (Å²) in [5.41, 5.74) is 11.0. The zero-order valence-electron chi connectivity index (χ0n) is 40.8. The Morgan fingerprint density at radius 3 is 0.910 bits per heavy atom. The lowest BCUT2D eigenvalue weighted by molar-refractivity contribution is -0.137. The summed E-state index contributed by atoms with van der Waals surface area (Å²) in [6.07, 6.45) is -4.84. The van der Waals surface area contributed by atoms with Crippen molar-refractivity contribution < 1.29 is 13.2 Å². The number of benzene rings is 10. The summed E-state index contributed by atoms with van der Waals surface area (Å²) < 4.78 is 49.1. The Morgan fingerprint density at radius 1 is 0.282 bits per heavy atom. The van der Waals surface area contributed by atoms with E-state index in [0.717, 1.165) is 78.2 Å². The molecule has 8 nitrogen and oxygen atoms in total. The molecule has 2 aromatic heterocycles. The highest BCUT2D eigenvalue weighted by Crippen LogP contribution is 2.45. The quantitative estimate of drug-likeness (QED) is 0.155. The Kier molecular flexibility index (Phi) is 11.4. The smallest absolute Gasteiger partial charge is 0.309 e. The molecule has 0 fully saturated rings. The summed E-state index contributed by atoms with van der Waals surface area (Å²) in [6, 6.07) is 72.3. The highest BCUT2D eigenvalue weighted by Gasteiger charge is 2.32. The van der Waals surface area contributed by atoms with Gasteiger partial charge < -0.3 is 9.13 Å². The molecular weight excluding hydrogens is 974 g/mol. The highest BCUT2D eigenvalue weighted by molar-refractivity contribution is 6.13. The first-order chi connectivity index (χ1) is 38.0. The summed E-state index contributed by atoms with van der Waals surface area (Å²) >= 11 is 0. The molecule has 12 aromatic rings. The number of nitrogens with zero attached hydrogens (tertiary/aromatic N) is 8. The largest absolute Gasteiger partial charge is 0.416 e. The molecule has 0 aliphatic carbocycles. The van der Waals surface area contributed by atoms with Gasteiger partial charge in [-0.05, 0) is 153 Å². The third-order valence-electron chi connectivity index (χ3n) is 14.3. The van der Waals surface area contributed by atoms with E-state index in [1.165, 1.54) is 6.07 Å². The lowest BCUT2D eigenvalue weighted by atomic mass is 9.95. The highest BCUT2D eigenvalue weighted by atomic mass is 19.4. The van der Waals surface area contributed by atoms with E-state index < -0.39 is 11.7 Å². The van der Waals surface area contributed by atoms with Gasteiger partial charge in [-0.2, -0.15) is 44.7 Å². The lowest BCUT2D eigenvalue weighted by Crippen LogP contribution is -2.07. The first-order valence-electron chi connectivity index (χ1n) is 24.4. The third kappa shape index (κ3) is 8.17. The molecule has 0 radical (unpaired) electrons. The first-order valence-corrected chi connectivity index (χ1v) is 24.4. The molecule has 0 spiro atoms. The molecule has 0 atom stereocenters. The first kappa shape index (κ1) is 47.5. The molecule has 0 aliphatic heterocycles. The fourth-order valence-corrected chi connectivity index (χ4v) is 10.5. The molecule has 0 N–H and O–H groups in total. The fraction of sp³-hybridized carbons (Fsp3) is 0.0149. The number of halogens is 3. The van der Waals surface area contributed by atoms with Crippen LogP contribution in [0.25, 0.3) is 111 Å². The van der Waals surface area contributed by atoms with Gasteiger partial charge in [0.1, 0.15) is 6.07 Å². The van der Waals surface area contributed by atoms with E-state index in [9.17, 15) is 31.6 Å². The van der Waals surface area contributed by atoms with E-state index in [-0.39, 0.29) is 22.3 Å². The van der Waals surface area contributed by atoms with E-state index >= 15 is 13.2 Å². The normalized spacial score (nSPS) is 11.2. The Labute approximate surface area is 444 Å². The van der Waals surface area contributed by atoms with Gasteiger partial charge in [-0.3, -0.25) is 0 Å². The summed E-state index contributed by atoms with van der Waals surface area (Å²) in [5, 5.41) is 63.6. The van der Waals surface area contributed by atoms with Crippen molar-refractivity contribution >= 4 is 43.6 Å². The van der Waals surface area contributed by atoms with Crippen LogP contribution < -0.4 is 0 Å². The molecular formula is C67H33F3N8. The average molecular weight is 1010 g/mol. The molecule has 78 heavy (non-hydrogen) atoms. The van der Waals surface area contributed by atoms with Crippen LogP contribution in [0.5, 0.6) is 0 Å². The van der Waals surface area contributed by atoms with Crippen molar-refractivity contribution in [1.29, 1.82) is 31.6 Å². The minimum atomic E-state index is -4.84. The molecule has 2 heterocycles. The molecule has 0 unspecified atom stereocenters. The number of nitriles is 6. The van der Waals surface area contributed by atoms with Crippen LogP contribution in [-0.2, 0) is 6.18 Å². The number of aromatic nitrogens is 2. The van der Waals surface area contributed by atoms with Crippen LogP contribution in [0, 0.1) is 68.0 Å². The molecule has 10 aromatic carbocycles. The fourth-order valence-electron chi connectivity index (χ4n) is 10.5. The van der Waals surface area contributed by atoms with Gasteiger partial charge in [0.05, 0.1) is 103 Å². The van der Waals surface area contributed by atoms with E-state index in [0.29, 0.717) is 55.7 Å². The van der Waals surface area contributed by atoms with Crippen molar-refractivity contribution in [2.24, 2.45) is 0 Å². The van der Waals surface area contributed by atoms with Crippen molar-refractivity contribution in [2.45, 2.75) is 6.18 Å². The number of rotatable bonds is 7. The lowest BCUT2D eigenvalue weighted by Gasteiger charge is -2.20. The maximum absolute atomic E-state index is 15.1. The van der Waals surface area contributed by atoms with E-state index in [4.69, 9.17) is 0 Å². The Bertz CT molecular complexity index is 4520. The molecule has 362 valence electrons. The SMILES string of the molecule is N#Cc1ccc(-c2ccc3c4ccc(-c5ccc(C#N)cc5)cc4n(-c4cc(-c5cc(C#N)cc(C(F)(F)F)c5)c(-n5c6cc(-c7ccc(C#N)cc7)ccc6c6ccc(-c7ccc(C#N)cc7)cc65)cc4C#N)c3c2)cc1. The molecule has 0 bridgehead atoms. The van der Waals surface area contributed by atoms with E-state index in [2.05, 4.69) is 30.3 Å². The second-order valence-corrected chi connectivity index (χ2v) is 18.8. The van der Waals surface area contributed by atoms with E-state index in [1.54, 1.807) is 60.7 Å². The zero-order valence-corrected chi connectivity index (χ0v) is 40.8. The maximum atomic E-state index is 15.1. The number of alkyl halides is 3. The van der Waals surface area contributed by atoms with Crippen LogP contribution in [0.4, 0.5) is 13.2 Å². The zero-order chi connectivity index (χ0) is 53.8. The van der Waals surface area contributed by atoms with Crippen LogP contribution in [0.3, 0.4) is 0 Å². The van der Waals surface area contributed by atoms with Gasteiger partial charge in [-0.25, -0.2) is 0 Å². The third-order valence-corrected chi connectivity index (χ3v) is 14.3. The van der Waals surface area contributed by atoms with Crippen molar-refractivity contribution in [3.8, 4) is 103 Å². The monoisotopic (exact) mass is 1010 g/mol. The second-order valence-electron chi connectivity index (χ2n) is 18.8. The maximum Gasteiger partial charge on any atom is 0.416 e. The van der Waals surface area contributed by atoms with Crippen molar-refractivity contribution in [2.75, 3.05) is 0 Å². The summed E-state index contributed by atoms with van der Waals surface area (Å²) in [4.78, 5) is 0. The minimum absolute atomic E-state index is 0.0703. The Balaban J connectivity index is 1.21. The predicted octanol–water partition coefficient (Wildman–Crippen LogP) is 16.5. The average Bonchev–Trinajstić information content (AvgIpc) is 4.09. The molecule has 12 rings (SSSR count). The number of hydrogen-bond acceptors (Lipinski definition) is 6. The number of fused-ring (bicyclic) bond motifs is 6. The second kappa shape index (κ2) is 18.8. The van der Waals surface area contributed by atoms with Crippen molar-refractivity contribution in [3.05, 3.63) is 239 Å². The van der Waals surface area contributed by atoms with Gasteiger partial charge in [-0.15, -0.1) is 0 Å². The van der Waals surface area contributed by atoms with Gasteiger partial charge in [0.25, 0.3) is 0 Å². The number of hydrogen-bond donors (Lipinski definition) is 0. The van der Waals surface area contributed by atoms with Crippen LogP contribution >= 0.6 is 0 Å². The van der Waals surface area contributed by atoms with Gasteiger partial charge in [-0.1, -0.05) is 97.1 Å². The van der Waals surface area contributed by atoms with Crippen molar-refractivity contribution in [3.63, 3.8) is 0 Å². The Hall–Kier alpha value is -11.5. The molecule has 0 saturated carbocycles. The molecule has 0 aliphatic rings. The molecule has 11 heteroatoms. The van der Waals surface area contributed by atoms with Crippen LogP contribution in [0.15, 0.2) is 200 Å². The minimum Gasteiger partial charge on any atom is -0.309 e. The Morgan fingerprint density at radius 2 is 0.603 bits per heavy atom. The summed E-state index contributed by atoms with van der Waals surface area (Å²) in [5.74, 6) is 0. The predicted molar refractivity (Wildman–Crippen MR) is 296 cm³/mol. The summed E-state index contributed by atoms with van der Waals surface area (Å²) in [6.45, 7) is 0. The van der Waals surface area contributed by atoms with E-state index in [1.807, 2.05) is 137 Å². The van der Waals surface area contributed by atoms with Gasteiger partial charge >= 0.3 is 6.18 Å². The van der Waals surface area contributed by atoms with Gasteiger partial charge in [0.15, 0.2) is 0 Å². The standard InChI is InChI=1S/C67H33F3N8/c68-67(69,70)55-26-44(38-75)25-53(27-55)60-33-61(77-62-28-49(45-9-1-40(34-71)2-10-45)17-21-56(62)57-22-18-50(29-63(57)77)46-11-3-41(35-72)4-12-46)54(39-76)32-66(60)78-64-30-51(47-13-5-42(36-73)6-14-47)19-23-58(64)59-24-20-52(31-65(59)78)48-15-7-43(37-74)8-16-48/h1-33H. The van der Waals surface area contributed by atoms with Crippen LogP contribution in [0.2, 0.25) is 0 Å². The topological polar surface area (TPSA) is 153 Å². The van der Waals surface area contributed by atoms with Crippen LogP contribution in [0.1, 0.15) is 38.9 Å². The van der Waals surface area contributed by atoms with Crippen molar-refractivity contribution in [1.82, 2.24) is 9.13 Å². The summed E-state index contributed by atoms with van der Waals surface area (Å²) in [7, 11) is 0.